The molecule has 0 spiro atoms. The number of ether oxygens (including phenoxy) is 3. The lowest BCUT2D eigenvalue weighted by atomic mass is 9.96. The van der Waals surface area contributed by atoms with Gasteiger partial charge in [-0.3, -0.25) is 4.90 Å². The number of hydrogen-bond donors (Lipinski definition) is 0. The van der Waals surface area contributed by atoms with Crippen LogP contribution >= 0.6 is 0 Å². The van der Waals surface area contributed by atoms with Gasteiger partial charge in [0.1, 0.15) is 5.60 Å². The second kappa shape index (κ2) is 4.52. The summed E-state index contributed by atoms with van der Waals surface area (Å²) in [4.78, 5) is 24.8. The molecule has 1 fully saturated rings. The van der Waals surface area contributed by atoms with E-state index < -0.39 is 23.2 Å². The van der Waals surface area contributed by atoms with Crippen molar-refractivity contribution in [1.82, 2.24) is 4.90 Å². The van der Waals surface area contributed by atoms with Crippen molar-refractivity contribution in [2.24, 2.45) is 0 Å². The molecule has 0 bridgehead atoms. The third-order valence-electron chi connectivity index (χ3n) is 2.56. The van der Waals surface area contributed by atoms with Gasteiger partial charge < -0.3 is 14.2 Å². The average Bonchev–Trinajstić information content (AvgIpc) is 2.12. The molecule has 1 heterocycles. The van der Waals surface area contributed by atoms with E-state index in [0.717, 1.165) is 0 Å². The molecule has 0 aromatic heterocycles. The highest BCUT2D eigenvalue weighted by molar-refractivity contribution is 5.87. The zero-order valence-corrected chi connectivity index (χ0v) is 10.9. The van der Waals surface area contributed by atoms with Crippen LogP contribution < -0.4 is 0 Å². The lowest BCUT2D eigenvalue weighted by Crippen LogP contribution is -2.68. The summed E-state index contributed by atoms with van der Waals surface area (Å²) >= 11 is 0. The monoisotopic (exact) mass is 245 g/mol. The molecule has 0 aromatic rings. The van der Waals surface area contributed by atoms with Crippen LogP contribution in [0.1, 0.15) is 20.8 Å². The number of carbonyl (C=O) groups excluding carboxylic acids is 2. The first kappa shape index (κ1) is 13.8. The number of amides is 1. The first-order chi connectivity index (χ1) is 7.73. The van der Waals surface area contributed by atoms with Crippen LogP contribution in [0.25, 0.3) is 0 Å². The van der Waals surface area contributed by atoms with Crippen LogP contribution in [0.15, 0.2) is 0 Å². The number of hydrogen-bond acceptors (Lipinski definition) is 5. The van der Waals surface area contributed by atoms with Crippen molar-refractivity contribution in [2.45, 2.75) is 31.9 Å². The van der Waals surface area contributed by atoms with Gasteiger partial charge in [-0.1, -0.05) is 0 Å². The second-order valence-electron chi connectivity index (χ2n) is 5.06. The van der Waals surface area contributed by atoms with Crippen molar-refractivity contribution >= 4 is 12.1 Å². The molecule has 98 valence electrons. The predicted molar refractivity (Wildman–Crippen MR) is 59.6 cm³/mol. The minimum absolute atomic E-state index is 0.134. The van der Waals surface area contributed by atoms with E-state index in [-0.39, 0.29) is 13.2 Å². The number of likely N-dealkylation sites (N-methyl/N-ethyl adjacent to an activating group) is 1. The highest BCUT2D eigenvalue weighted by Gasteiger charge is 2.53. The number of esters is 1. The van der Waals surface area contributed by atoms with Crippen molar-refractivity contribution in [3.8, 4) is 0 Å². The predicted octanol–water partition coefficient (Wildman–Crippen LogP) is 0.795. The molecule has 0 aliphatic carbocycles. The molecule has 0 atom stereocenters. The third-order valence-corrected chi connectivity index (χ3v) is 2.56. The maximum absolute atomic E-state index is 11.9. The molecule has 1 saturated heterocycles. The fourth-order valence-corrected chi connectivity index (χ4v) is 1.44. The van der Waals surface area contributed by atoms with Crippen LogP contribution in [0, 0.1) is 0 Å². The van der Waals surface area contributed by atoms with Crippen LogP contribution in [0.5, 0.6) is 0 Å². The quantitative estimate of drug-likeness (QED) is 0.673. The van der Waals surface area contributed by atoms with Gasteiger partial charge in [-0.15, -0.1) is 0 Å². The molecule has 0 unspecified atom stereocenters. The van der Waals surface area contributed by atoms with Gasteiger partial charge in [0.25, 0.3) is 0 Å². The van der Waals surface area contributed by atoms with E-state index in [4.69, 9.17) is 14.2 Å². The molecule has 1 aliphatic rings. The SMILES string of the molecule is COC(=O)C1(N(C)C(=O)OC(C)(C)C)COC1. The molecule has 0 radical (unpaired) electrons. The molecule has 6 nitrogen and oxygen atoms in total. The highest BCUT2D eigenvalue weighted by atomic mass is 16.6. The smallest absolute Gasteiger partial charge is 0.411 e. The number of rotatable bonds is 2. The van der Waals surface area contributed by atoms with E-state index in [9.17, 15) is 9.59 Å². The summed E-state index contributed by atoms with van der Waals surface area (Å²) in [6.45, 7) is 5.56. The van der Waals surface area contributed by atoms with Gasteiger partial charge in [-0.25, -0.2) is 9.59 Å². The Hall–Kier alpha value is -1.30. The Morgan fingerprint density at radius 1 is 1.29 bits per heavy atom. The Bertz CT molecular complexity index is 316. The van der Waals surface area contributed by atoms with Gasteiger partial charge in [0, 0.05) is 7.05 Å². The third kappa shape index (κ3) is 2.69. The van der Waals surface area contributed by atoms with E-state index in [1.807, 2.05) is 0 Å². The molecular weight excluding hydrogens is 226 g/mol. The summed E-state index contributed by atoms with van der Waals surface area (Å²) in [5, 5.41) is 0. The summed E-state index contributed by atoms with van der Waals surface area (Å²) in [5.41, 5.74) is -1.65. The van der Waals surface area contributed by atoms with Crippen LogP contribution in [0.3, 0.4) is 0 Å². The van der Waals surface area contributed by atoms with E-state index in [2.05, 4.69) is 0 Å². The normalized spacial score (nSPS) is 17.9. The van der Waals surface area contributed by atoms with E-state index in [0.29, 0.717) is 0 Å². The van der Waals surface area contributed by atoms with Gasteiger partial charge in [0.05, 0.1) is 20.3 Å². The Morgan fingerprint density at radius 3 is 2.12 bits per heavy atom. The van der Waals surface area contributed by atoms with Gasteiger partial charge >= 0.3 is 12.1 Å². The lowest BCUT2D eigenvalue weighted by molar-refractivity contribution is -0.185. The van der Waals surface area contributed by atoms with Crippen molar-refractivity contribution in [3.05, 3.63) is 0 Å². The van der Waals surface area contributed by atoms with Gasteiger partial charge in [0.15, 0.2) is 5.54 Å². The van der Waals surface area contributed by atoms with E-state index >= 15 is 0 Å². The fraction of sp³-hybridized carbons (Fsp3) is 0.818. The summed E-state index contributed by atoms with van der Waals surface area (Å²) in [6.07, 6.45) is -0.564. The Labute approximate surface area is 101 Å². The van der Waals surface area contributed by atoms with E-state index in [1.54, 1.807) is 20.8 Å². The number of carbonyl (C=O) groups is 2. The standard InChI is InChI=1S/C11H19NO5/c1-10(2,3)17-9(14)12(4)11(6-16-7-11)8(13)15-5/h6-7H2,1-5H3. The average molecular weight is 245 g/mol. The van der Waals surface area contributed by atoms with Crippen molar-refractivity contribution in [1.29, 1.82) is 0 Å². The number of methoxy groups -OCH3 is 1. The molecule has 0 N–H and O–H groups in total. The molecule has 0 saturated carbocycles. The van der Waals surface area contributed by atoms with Gasteiger partial charge in [0.2, 0.25) is 0 Å². The number of nitrogens with zero attached hydrogens (tertiary/aromatic N) is 1. The minimum Gasteiger partial charge on any atom is -0.467 e. The maximum Gasteiger partial charge on any atom is 0.411 e. The molecule has 1 amide bonds. The van der Waals surface area contributed by atoms with Gasteiger partial charge in [-0.2, -0.15) is 0 Å². The summed E-state index contributed by atoms with van der Waals surface area (Å²) < 4.78 is 14.9. The maximum atomic E-state index is 11.9. The molecule has 6 heteroatoms. The van der Waals surface area contributed by atoms with E-state index in [1.165, 1.54) is 19.1 Å². The molecule has 1 aliphatic heterocycles. The van der Waals surface area contributed by atoms with Crippen LogP contribution in [-0.4, -0.2) is 55.5 Å². The largest absolute Gasteiger partial charge is 0.467 e. The molecule has 17 heavy (non-hydrogen) atoms. The fourth-order valence-electron chi connectivity index (χ4n) is 1.44. The Kier molecular flexibility index (Phi) is 3.66. The summed E-state index contributed by atoms with van der Waals surface area (Å²) in [5.74, 6) is -0.489. The summed E-state index contributed by atoms with van der Waals surface area (Å²) in [7, 11) is 2.79. The Balaban J connectivity index is 2.77. The second-order valence-corrected chi connectivity index (χ2v) is 5.06. The van der Waals surface area contributed by atoms with Crippen LogP contribution in [0.2, 0.25) is 0 Å². The van der Waals surface area contributed by atoms with Crippen molar-refractivity contribution in [3.63, 3.8) is 0 Å². The molecule has 1 rings (SSSR count). The lowest BCUT2D eigenvalue weighted by Gasteiger charge is -2.44. The molecule has 0 aromatic carbocycles. The minimum atomic E-state index is -1.04. The van der Waals surface area contributed by atoms with Crippen molar-refractivity contribution < 1.29 is 23.8 Å². The highest BCUT2D eigenvalue weighted by Crippen LogP contribution is 2.27. The van der Waals surface area contributed by atoms with Crippen molar-refractivity contribution in [2.75, 3.05) is 27.4 Å². The Morgan fingerprint density at radius 2 is 1.82 bits per heavy atom. The van der Waals surface area contributed by atoms with Gasteiger partial charge in [-0.05, 0) is 20.8 Å². The van der Waals surface area contributed by atoms with Crippen LogP contribution in [-0.2, 0) is 19.0 Å². The zero-order chi connectivity index (χ0) is 13.3. The molecular formula is C11H19NO5. The topological polar surface area (TPSA) is 65.1 Å². The first-order valence-corrected chi connectivity index (χ1v) is 5.36. The summed E-state index contributed by atoms with van der Waals surface area (Å²) in [6, 6.07) is 0. The first-order valence-electron chi connectivity index (χ1n) is 5.36. The zero-order valence-electron chi connectivity index (χ0n) is 10.9. The van der Waals surface area contributed by atoms with Crippen LogP contribution in [0.4, 0.5) is 4.79 Å².